The van der Waals surface area contributed by atoms with E-state index in [1.807, 2.05) is 0 Å². The molecule has 14 heavy (non-hydrogen) atoms. The van der Waals surface area contributed by atoms with Crippen molar-refractivity contribution < 1.29 is 9.90 Å². The molecule has 1 aliphatic heterocycles. The van der Waals surface area contributed by atoms with Gasteiger partial charge >= 0.3 is 5.97 Å². The molecule has 1 aliphatic rings. The molecule has 0 fully saturated rings. The number of fused-ring (bicyclic) bond motifs is 1. The largest absolute Gasteiger partial charge is 0.481 e. The topological polar surface area (TPSA) is 80.0 Å². The van der Waals surface area contributed by atoms with Crippen molar-refractivity contribution in [2.24, 2.45) is 0 Å². The van der Waals surface area contributed by atoms with Gasteiger partial charge in [-0.15, -0.1) is 5.10 Å². The van der Waals surface area contributed by atoms with Gasteiger partial charge in [-0.3, -0.25) is 4.79 Å². The standard InChI is InChI=1S/C8H12N4O2/c13-8(14)2-4-12-7-1-3-9-5-6(7)10-11-12/h9H,1-5H2,(H,13,14). The van der Waals surface area contributed by atoms with Crippen LogP contribution >= 0.6 is 0 Å². The first-order chi connectivity index (χ1) is 6.77. The zero-order valence-corrected chi connectivity index (χ0v) is 7.73. The maximum Gasteiger partial charge on any atom is 0.305 e. The van der Waals surface area contributed by atoms with Crippen LogP contribution in [0.4, 0.5) is 0 Å². The summed E-state index contributed by atoms with van der Waals surface area (Å²) in [7, 11) is 0. The van der Waals surface area contributed by atoms with Gasteiger partial charge in [0.05, 0.1) is 24.4 Å². The lowest BCUT2D eigenvalue weighted by molar-refractivity contribution is -0.137. The van der Waals surface area contributed by atoms with E-state index in [9.17, 15) is 4.79 Å². The molecule has 1 aromatic rings. The van der Waals surface area contributed by atoms with Gasteiger partial charge in [-0.05, 0) is 0 Å². The maximum absolute atomic E-state index is 10.4. The molecule has 0 spiro atoms. The number of carboxylic acid groups (broad SMARTS) is 1. The van der Waals surface area contributed by atoms with Crippen molar-refractivity contribution in [2.75, 3.05) is 6.54 Å². The van der Waals surface area contributed by atoms with Crippen molar-refractivity contribution >= 4 is 5.97 Å². The second-order valence-electron chi connectivity index (χ2n) is 3.28. The maximum atomic E-state index is 10.4. The number of aliphatic carboxylic acids is 1. The zero-order valence-electron chi connectivity index (χ0n) is 7.73. The van der Waals surface area contributed by atoms with Gasteiger partial charge in [-0.1, -0.05) is 5.21 Å². The monoisotopic (exact) mass is 196 g/mol. The first kappa shape index (κ1) is 9.14. The normalized spacial score (nSPS) is 15.1. The van der Waals surface area contributed by atoms with Crippen LogP contribution in [-0.4, -0.2) is 32.6 Å². The van der Waals surface area contributed by atoms with E-state index in [2.05, 4.69) is 15.6 Å². The van der Waals surface area contributed by atoms with Gasteiger partial charge < -0.3 is 10.4 Å². The van der Waals surface area contributed by atoms with E-state index in [-0.39, 0.29) is 6.42 Å². The first-order valence-electron chi connectivity index (χ1n) is 4.61. The van der Waals surface area contributed by atoms with Gasteiger partial charge in [0.15, 0.2) is 0 Å². The number of aryl methyl sites for hydroxylation is 1. The highest BCUT2D eigenvalue weighted by Crippen LogP contribution is 2.10. The molecule has 76 valence electrons. The molecule has 0 saturated carbocycles. The number of carbonyl (C=O) groups is 1. The van der Waals surface area contributed by atoms with Crippen LogP contribution in [0, 0.1) is 0 Å². The predicted octanol–water partition coefficient (Wildman–Crippen LogP) is -0.602. The highest BCUT2D eigenvalue weighted by atomic mass is 16.4. The summed E-state index contributed by atoms with van der Waals surface area (Å²) < 4.78 is 1.70. The van der Waals surface area contributed by atoms with Gasteiger partial charge in [0.2, 0.25) is 0 Å². The van der Waals surface area contributed by atoms with Crippen LogP contribution in [0.1, 0.15) is 17.8 Å². The number of hydrogen-bond acceptors (Lipinski definition) is 4. The minimum atomic E-state index is -0.803. The van der Waals surface area contributed by atoms with Crippen molar-refractivity contribution in [3.63, 3.8) is 0 Å². The van der Waals surface area contributed by atoms with E-state index in [0.717, 1.165) is 30.9 Å². The number of hydrogen-bond donors (Lipinski definition) is 2. The quantitative estimate of drug-likeness (QED) is 0.674. The molecule has 0 saturated heterocycles. The van der Waals surface area contributed by atoms with E-state index in [4.69, 9.17) is 5.11 Å². The summed E-state index contributed by atoms with van der Waals surface area (Å²) in [5.74, 6) is -0.803. The van der Waals surface area contributed by atoms with Gasteiger partial charge in [-0.25, -0.2) is 4.68 Å². The highest BCUT2D eigenvalue weighted by molar-refractivity contribution is 5.66. The first-order valence-corrected chi connectivity index (χ1v) is 4.61. The Kier molecular flexibility index (Phi) is 2.45. The Morgan fingerprint density at radius 1 is 1.64 bits per heavy atom. The van der Waals surface area contributed by atoms with Crippen LogP contribution < -0.4 is 5.32 Å². The van der Waals surface area contributed by atoms with Gasteiger partial charge in [0.25, 0.3) is 0 Å². The molecule has 0 atom stereocenters. The average Bonchev–Trinajstić information content (AvgIpc) is 2.58. The predicted molar refractivity (Wildman–Crippen MR) is 47.7 cm³/mol. The third-order valence-corrected chi connectivity index (χ3v) is 2.29. The minimum Gasteiger partial charge on any atom is -0.481 e. The lowest BCUT2D eigenvalue weighted by Gasteiger charge is -2.12. The van der Waals surface area contributed by atoms with Crippen molar-refractivity contribution in [2.45, 2.75) is 25.9 Å². The molecule has 0 radical (unpaired) electrons. The summed E-state index contributed by atoms with van der Waals surface area (Å²) in [5.41, 5.74) is 2.02. The van der Waals surface area contributed by atoms with E-state index >= 15 is 0 Å². The summed E-state index contributed by atoms with van der Waals surface area (Å²) in [6.07, 6.45) is 0.977. The van der Waals surface area contributed by atoms with E-state index in [0.29, 0.717) is 6.54 Å². The number of aromatic nitrogens is 3. The fourth-order valence-electron chi connectivity index (χ4n) is 1.57. The van der Waals surface area contributed by atoms with Crippen LogP contribution in [0.3, 0.4) is 0 Å². The third-order valence-electron chi connectivity index (χ3n) is 2.29. The summed E-state index contributed by atoms with van der Waals surface area (Å²) in [6.45, 7) is 2.06. The molecule has 0 aliphatic carbocycles. The molecular weight excluding hydrogens is 184 g/mol. The fourth-order valence-corrected chi connectivity index (χ4v) is 1.57. The Labute approximate surface area is 80.9 Å². The van der Waals surface area contributed by atoms with Gasteiger partial charge in [-0.2, -0.15) is 0 Å². The van der Waals surface area contributed by atoms with Crippen molar-refractivity contribution in [3.8, 4) is 0 Å². The Hall–Kier alpha value is -1.43. The number of nitrogens with zero attached hydrogens (tertiary/aromatic N) is 3. The third kappa shape index (κ3) is 1.74. The summed E-state index contributed by atoms with van der Waals surface area (Å²) in [6, 6.07) is 0. The molecule has 0 aromatic carbocycles. The molecule has 0 unspecified atom stereocenters. The summed E-state index contributed by atoms with van der Waals surface area (Å²) >= 11 is 0. The van der Waals surface area contributed by atoms with Crippen molar-refractivity contribution in [1.29, 1.82) is 0 Å². The Bertz CT molecular complexity index is 347. The highest BCUT2D eigenvalue weighted by Gasteiger charge is 2.16. The fraction of sp³-hybridized carbons (Fsp3) is 0.625. The van der Waals surface area contributed by atoms with Gasteiger partial charge in [0.1, 0.15) is 0 Å². The number of nitrogens with one attached hydrogen (secondary N) is 1. The van der Waals surface area contributed by atoms with E-state index in [1.54, 1.807) is 4.68 Å². The Balaban J connectivity index is 2.10. The Morgan fingerprint density at radius 2 is 2.50 bits per heavy atom. The molecule has 2 N–H and O–H groups in total. The van der Waals surface area contributed by atoms with Crippen LogP contribution in [0.15, 0.2) is 0 Å². The van der Waals surface area contributed by atoms with Crippen molar-refractivity contribution in [3.05, 3.63) is 11.4 Å². The van der Waals surface area contributed by atoms with Crippen LogP contribution in [0.25, 0.3) is 0 Å². The smallest absolute Gasteiger partial charge is 0.305 e. The van der Waals surface area contributed by atoms with E-state index in [1.165, 1.54) is 0 Å². The molecule has 2 heterocycles. The second-order valence-corrected chi connectivity index (χ2v) is 3.28. The average molecular weight is 196 g/mol. The van der Waals surface area contributed by atoms with Crippen LogP contribution in [0.2, 0.25) is 0 Å². The molecule has 6 heteroatoms. The molecule has 0 bridgehead atoms. The second kappa shape index (κ2) is 3.75. The van der Waals surface area contributed by atoms with E-state index < -0.39 is 5.97 Å². The minimum absolute atomic E-state index is 0.100. The molecule has 0 amide bonds. The molecular formula is C8H12N4O2. The van der Waals surface area contributed by atoms with Gasteiger partial charge in [0, 0.05) is 19.5 Å². The Morgan fingerprint density at radius 3 is 3.29 bits per heavy atom. The summed E-state index contributed by atoms with van der Waals surface area (Å²) in [4.78, 5) is 10.4. The number of carboxylic acids is 1. The summed E-state index contributed by atoms with van der Waals surface area (Å²) in [5, 5.41) is 19.7. The van der Waals surface area contributed by atoms with Crippen LogP contribution in [-0.2, 0) is 24.3 Å². The molecule has 6 nitrogen and oxygen atoms in total. The molecule has 2 rings (SSSR count). The SMILES string of the molecule is O=C(O)CCn1nnc2c1CCNC2. The number of rotatable bonds is 3. The zero-order chi connectivity index (χ0) is 9.97. The lowest BCUT2D eigenvalue weighted by Crippen LogP contribution is -2.25. The van der Waals surface area contributed by atoms with Crippen LogP contribution in [0.5, 0.6) is 0 Å². The van der Waals surface area contributed by atoms with Crippen molar-refractivity contribution in [1.82, 2.24) is 20.3 Å². The molecule has 1 aromatic heterocycles. The lowest BCUT2D eigenvalue weighted by atomic mass is 10.2.